The third-order valence-corrected chi connectivity index (χ3v) is 5.34. The lowest BCUT2D eigenvalue weighted by Gasteiger charge is -2.26. The molecule has 29 heavy (non-hydrogen) atoms. The molecule has 148 valence electrons. The van der Waals surface area contributed by atoms with Crippen LogP contribution < -0.4 is 5.32 Å². The number of hydrogen-bond acceptors (Lipinski definition) is 6. The number of nitrogens with one attached hydrogen (secondary N) is 1. The Bertz CT molecular complexity index is 1050. The molecule has 1 fully saturated rings. The van der Waals surface area contributed by atoms with Crippen molar-refractivity contribution in [3.8, 4) is 11.4 Å². The Morgan fingerprint density at radius 3 is 2.66 bits per heavy atom. The van der Waals surface area contributed by atoms with Crippen LogP contribution in [0.5, 0.6) is 0 Å². The highest BCUT2D eigenvalue weighted by molar-refractivity contribution is 5.87. The first-order chi connectivity index (χ1) is 14.4. The van der Waals surface area contributed by atoms with Gasteiger partial charge in [-0.2, -0.15) is 4.52 Å². The molecule has 2 aliphatic rings. The lowest BCUT2D eigenvalue weighted by atomic mass is 10.0. The van der Waals surface area contributed by atoms with Crippen LogP contribution in [-0.4, -0.2) is 64.1 Å². The van der Waals surface area contributed by atoms with Crippen LogP contribution in [0.1, 0.15) is 12.0 Å². The fraction of sp³-hybridized carbons (Fsp3) is 0.318. The summed E-state index contributed by atoms with van der Waals surface area (Å²) < 4.78 is 7.25. The first-order valence-electron chi connectivity index (χ1n) is 10.1. The zero-order chi connectivity index (χ0) is 19.5. The molecule has 5 rings (SSSR count). The van der Waals surface area contributed by atoms with Crippen LogP contribution in [0.25, 0.3) is 22.6 Å². The molecule has 3 aromatic rings. The standard InChI is InChI=1S/C22H24N6O/c1-2-6-18(7-3-1)22-25-24-20-16-19(17-8-4-9-17)21(26-28(20)22)23-10-5-11-27-12-14-29-15-13-27/h1-4,6-9,16H,5,10-15H2,(H,23,26). The van der Waals surface area contributed by atoms with E-state index in [-0.39, 0.29) is 0 Å². The predicted octanol–water partition coefficient (Wildman–Crippen LogP) is 2.88. The van der Waals surface area contributed by atoms with Crippen LogP contribution in [0.2, 0.25) is 0 Å². The van der Waals surface area contributed by atoms with Crippen molar-refractivity contribution in [1.82, 2.24) is 24.7 Å². The average Bonchev–Trinajstić information content (AvgIpc) is 3.14. The summed E-state index contributed by atoms with van der Waals surface area (Å²) >= 11 is 0. The fourth-order valence-corrected chi connectivity index (χ4v) is 3.66. The Kier molecular flexibility index (Phi) is 5.06. The minimum Gasteiger partial charge on any atom is -0.379 e. The maximum atomic E-state index is 5.42. The molecule has 1 N–H and O–H groups in total. The van der Waals surface area contributed by atoms with E-state index in [0.717, 1.165) is 74.2 Å². The number of allylic oxidation sites excluding steroid dienone is 4. The molecule has 0 radical (unpaired) electrons. The van der Waals surface area contributed by atoms with E-state index in [1.807, 2.05) is 40.9 Å². The molecule has 7 heteroatoms. The van der Waals surface area contributed by atoms with Gasteiger partial charge in [-0.05, 0) is 24.6 Å². The molecule has 2 aromatic heterocycles. The number of rotatable bonds is 7. The van der Waals surface area contributed by atoms with Gasteiger partial charge in [0.05, 0.1) is 13.2 Å². The fourth-order valence-electron chi connectivity index (χ4n) is 3.66. The van der Waals surface area contributed by atoms with Gasteiger partial charge >= 0.3 is 0 Å². The summed E-state index contributed by atoms with van der Waals surface area (Å²) in [4.78, 5) is 2.45. The van der Waals surface area contributed by atoms with Gasteiger partial charge in [0.15, 0.2) is 17.3 Å². The van der Waals surface area contributed by atoms with E-state index < -0.39 is 0 Å². The second kappa shape index (κ2) is 8.14. The van der Waals surface area contributed by atoms with Gasteiger partial charge in [0.25, 0.3) is 0 Å². The van der Waals surface area contributed by atoms with Gasteiger partial charge in [-0.15, -0.1) is 15.3 Å². The minimum absolute atomic E-state index is 0.749. The molecular formula is C22H24N6O. The Morgan fingerprint density at radius 2 is 1.90 bits per heavy atom. The molecule has 1 aromatic carbocycles. The number of aromatic nitrogens is 4. The topological polar surface area (TPSA) is 67.6 Å². The molecule has 1 saturated heterocycles. The second-order valence-electron chi connectivity index (χ2n) is 7.28. The van der Waals surface area contributed by atoms with Gasteiger partial charge in [0.2, 0.25) is 0 Å². The molecular weight excluding hydrogens is 364 g/mol. The molecule has 0 unspecified atom stereocenters. The van der Waals surface area contributed by atoms with Crippen molar-refractivity contribution in [3.63, 3.8) is 0 Å². The van der Waals surface area contributed by atoms with Crippen LogP contribution in [0.15, 0.2) is 54.6 Å². The monoisotopic (exact) mass is 388 g/mol. The highest BCUT2D eigenvalue weighted by Gasteiger charge is 2.17. The molecule has 3 heterocycles. The van der Waals surface area contributed by atoms with E-state index in [1.165, 1.54) is 5.57 Å². The van der Waals surface area contributed by atoms with Gasteiger partial charge < -0.3 is 10.1 Å². The summed E-state index contributed by atoms with van der Waals surface area (Å²) in [7, 11) is 0. The number of nitrogens with zero attached hydrogens (tertiary/aromatic N) is 5. The summed E-state index contributed by atoms with van der Waals surface area (Å²) in [6, 6.07) is 12.1. The van der Waals surface area contributed by atoms with Crippen LogP contribution in [0, 0.1) is 0 Å². The minimum atomic E-state index is 0.749. The third-order valence-electron chi connectivity index (χ3n) is 5.34. The number of fused-ring (bicyclic) bond motifs is 1. The molecule has 0 bridgehead atoms. The van der Waals surface area contributed by atoms with Crippen LogP contribution in [0.3, 0.4) is 0 Å². The van der Waals surface area contributed by atoms with E-state index in [4.69, 9.17) is 9.84 Å². The molecule has 1 aliphatic carbocycles. The Labute approximate surface area is 169 Å². The second-order valence-corrected chi connectivity index (χ2v) is 7.28. The van der Waals surface area contributed by atoms with Crippen LogP contribution in [0.4, 0.5) is 5.82 Å². The number of ether oxygens (including phenoxy) is 1. The molecule has 0 saturated carbocycles. The summed E-state index contributed by atoms with van der Waals surface area (Å²) in [6.45, 7) is 5.65. The summed E-state index contributed by atoms with van der Waals surface area (Å²) in [5.74, 6) is 1.62. The van der Waals surface area contributed by atoms with Crippen LogP contribution >= 0.6 is 0 Å². The molecule has 7 nitrogen and oxygen atoms in total. The summed E-state index contributed by atoms with van der Waals surface area (Å²) in [5, 5.41) is 17.1. The van der Waals surface area contributed by atoms with Gasteiger partial charge in [-0.25, -0.2) is 0 Å². The Morgan fingerprint density at radius 1 is 1.07 bits per heavy atom. The predicted molar refractivity (Wildman–Crippen MR) is 114 cm³/mol. The number of benzene rings is 1. The molecule has 0 spiro atoms. The van der Waals surface area contributed by atoms with Crippen molar-refractivity contribution in [2.24, 2.45) is 0 Å². The van der Waals surface area contributed by atoms with Crippen molar-refractivity contribution in [2.45, 2.75) is 6.42 Å². The highest BCUT2D eigenvalue weighted by atomic mass is 16.5. The van der Waals surface area contributed by atoms with E-state index in [9.17, 15) is 0 Å². The normalized spacial score (nSPS) is 16.6. The Hall–Kier alpha value is -3.03. The Balaban J connectivity index is 1.38. The molecule has 0 atom stereocenters. The van der Waals surface area contributed by atoms with Gasteiger partial charge in [0, 0.05) is 30.8 Å². The lowest BCUT2D eigenvalue weighted by Crippen LogP contribution is -2.37. The number of hydrogen-bond donors (Lipinski definition) is 1. The summed E-state index contributed by atoms with van der Waals surface area (Å²) in [5.41, 5.74) is 3.98. The van der Waals surface area contributed by atoms with Crippen molar-refractivity contribution >= 4 is 17.0 Å². The maximum Gasteiger partial charge on any atom is 0.185 e. The number of morpholine rings is 1. The SMILES string of the molecule is C1=CC(c2cc3nnc(-c4ccccc4)n3nc2NCCCN2CCOCC2)=C1. The quantitative estimate of drug-likeness (QED) is 0.628. The van der Waals surface area contributed by atoms with E-state index in [2.05, 4.69) is 38.6 Å². The van der Waals surface area contributed by atoms with Crippen LogP contribution in [-0.2, 0) is 4.74 Å². The first kappa shape index (κ1) is 18.0. The zero-order valence-electron chi connectivity index (χ0n) is 16.3. The smallest absolute Gasteiger partial charge is 0.185 e. The van der Waals surface area contributed by atoms with E-state index in [1.54, 1.807) is 0 Å². The summed E-state index contributed by atoms with van der Waals surface area (Å²) in [6.07, 6.45) is 7.30. The lowest BCUT2D eigenvalue weighted by molar-refractivity contribution is 0.0378. The molecule has 1 aliphatic heterocycles. The largest absolute Gasteiger partial charge is 0.379 e. The van der Waals surface area contributed by atoms with Crippen molar-refractivity contribution in [1.29, 1.82) is 0 Å². The highest BCUT2D eigenvalue weighted by Crippen LogP contribution is 2.29. The number of anilines is 1. The van der Waals surface area contributed by atoms with Crippen molar-refractivity contribution in [3.05, 3.63) is 60.2 Å². The zero-order valence-corrected chi connectivity index (χ0v) is 16.3. The maximum absolute atomic E-state index is 5.42. The van der Waals surface area contributed by atoms with Gasteiger partial charge in [-0.3, -0.25) is 4.90 Å². The van der Waals surface area contributed by atoms with Crippen molar-refractivity contribution < 1.29 is 4.74 Å². The van der Waals surface area contributed by atoms with Crippen molar-refractivity contribution in [2.75, 3.05) is 44.7 Å². The van der Waals surface area contributed by atoms with E-state index >= 15 is 0 Å². The average molecular weight is 388 g/mol. The van der Waals surface area contributed by atoms with Gasteiger partial charge in [0.1, 0.15) is 0 Å². The van der Waals surface area contributed by atoms with E-state index in [0.29, 0.717) is 0 Å². The van der Waals surface area contributed by atoms with Gasteiger partial charge in [-0.1, -0.05) is 48.6 Å². The third kappa shape index (κ3) is 3.79. The molecule has 0 amide bonds. The first-order valence-corrected chi connectivity index (χ1v) is 10.1.